The van der Waals surface area contributed by atoms with Crippen molar-refractivity contribution in [3.63, 3.8) is 0 Å². The highest BCUT2D eigenvalue weighted by molar-refractivity contribution is 6.35. The molecule has 1 amide bonds. The van der Waals surface area contributed by atoms with Crippen LogP contribution in [0.2, 0.25) is 5.02 Å². The Bertz CT molecular complexity index is 1120. The topological polar surface area (TPSA) is 82.7 Å². The molecule has 27 heavy (non-hydrogen) atoms. The second-order valence-corrected chi connectivity index (χ2v) is 6.50. The first-order valence-corrected chi connectivity index (χ1v) is 8.70. The zero-order valence-corrected chi connectivity index (χ0v) is 15.2. The largest absolute Gasteiger partial charge is 0.349 e. The van der Waals surface area contributed by atoms with Crippen molar-refractivity contribution in [1.29, 1.82) is 0 Å². The lowest BCUT2D eigenvalue weighted by Crippen LogP contribution is -2.12. The van der Waals surface area contributed by atoms with Gasteiger partial charge in [0.2, 0.25) is 0 Å². The predicted octanol–water partition coefficient (Wildman–Crippen LogP) is 4.92. The summed E-state index contributed by atoms with van der Waals surface area (Å²) in [6.45, 7) is 1.91. The van der Waals surface area contributed by atoms with Crippen LogP contribution in [0.15, 0.2) is 60.9 Å². The molecular weight excluding hydrogens is 362 g/mol. The summed E-state index contributed by atoms with van der Waals surface area (Å²) in [5, 5.41) is 7.55. The Morgan fingerprint density at radius 1 is 1.04 bits per heavy atom. The highest BCUT2D eigenvalue weighted by atomic mass is 35.5. The van der Waals surface area contributed by atoms with Crippen LogP contribution in [0.3, 0.4) is 0 Å². The van der Waals surface area contributed by atoms with Crippen molar-refractivity contribution in [1.82, 2.24) is 15.0 Å². The van der Waals surface area contributed by atoms with Crippen LogP contribution in [0.5, 0.6) is 0 Å². The minimum absolute atomic E-state index is 0.227. The van der Waals surface area contributed by atoms with Crippen molar-refractivity contribution >= 4 is 45.6 Å². The highest BCUT2D eigenvalue weighted by Gasteiger charge is 2.11. The van der Waals surface area contributed by atoms with Crippen LogP contribution >= 0.6 is 11.6 Å². The van der Waals surface area contributed by atoms with Crippen LogP contribution in [0.4, 0.5) is 17.2 Å². The first kappa shape index (κ1) is 17.1. The smallest absolute Gasteiger partial charge is 0.272 e. The number of aromatic amines is 1. The zero-order chi connectivity index (χ0) is 18.8. The molecule has 0 bridgehead atoms. The third-order valence-electron chi connectivity index (χ3n) is 4.07. The van der Waals surface area contributed by atoms with Crippen molar-refractivity contribution in [3.8, 4) is 0 Å². The lowest BCUT2D eigenvalue weighted by Gasteiger charge is -2.08. The van der Waals surface area contributed by atoms with Gasteiger partial charge in [-0.2, -0.15) is 0 Å². The summed E-state index contributed by atoms with van der Waals surface area (Å²) in [4.78, 5) is 23.8. The molecule has 0 unspecified atom stereocenters. The Balaban J connectivity index is 1.47. The van der Waals surface area contributed by atoms with Crippen LogP contribution in [-0.4, -0.2) is 20.9 Å². The van der Waals surface area contributed by atoms with Crippen molar-refractivity contribution in [3.05, 3.63) is 77.3 Å². The maximum Gasteiger partial charge on any atom is 0.272 e. The summed E-state index contributed by atoms with van der Waals surface area (Å²) in [5.74, 6) is 0.489. The van der Waals surface area contributed by atoms with E-state index in [0.717, 1.165) is 22.3 Å². The van der Waals surface area contributed by atoms with Gasteiger partial charge in [0.15, 0.2) is 0 Å². The van der Waals surface area contributed by atoms with E-state index in [1.807, 2.05) is 49.4 Å². The summed E-state index contributed by atoms with van der Waals surface area (Å²) in [5.41, 5.74) is 3.65. The van der Waals surface area contributed by atoms with Gasteiger partial charge in [-0.05, 0) is 43.3 Å². The number of rotatable bonds is 4. The van der Waals surface area contributed by atoms with Gasteiger partial charge in [-0.1, -0.05) is 23.7 Å². The number of nitrogens with one attached hydrogen (secondary N) is 3. The fourth-order valence-electron chi connectivity index (χ4n) is 2.75. The molecule has 4 rings (SSSR count). The van der Waals surface area contributed by atoms with E-state index in [-0.39, 0.29) is 5.91 Å². The molecule has 0 saturated carbocycles. The van der Waals surface area contributed by atoms with Gasteiger partial charge in [0, 0.05) is 28.5 Å². The second kappa shape index (κ2) is 7.09. The number of aryl methyl sites for hydroxylation is 1. The third kappa shape index (κ3) is 3.75. The van der Waals surface area contributed by atoms with Gasteiger partial charge in [-0.25, -0.2) is 9.97 Å². The summed E-state index contributed by atoms with van der Waals surface area (Å²) in [6.07, 6.45) is 1.51. The van der Waals surface area contributed by atoms with Gasteiger partial charge in [0.05, 0.1) is 10.5 Å². The molecule has 0 aliphatic rings. The van der Waals surface area contributed by atoms with Gasteiger partial charge in [-0.3, -0.25) is 4.79 Å². The molecule has 3 N–H and O–H groups in total. The fourth-order valence-corrected chi connectivity index (χ4v) is 2.98. The molecular formula is C20H16ClN5O. The predicted molar refractivity (Wildman–Crippen MR) is 108 cm³/mol. The lowest BCUT2D eigenvalue weighted by atomic mass is 10.2. The second-order valence-electron chi connectivity index (χ2n) is 6.09. The van der Waals surface area contributed by atoms with E-state index < -0.39 is 0 Å². The maximum atomic E-state index is 12.5. The van der Waals surface area contributed by atoms with E-state index in [1.165, 1.54) is 6.33 Å². The van der Waals surface area contributed by atoms with Gasteiger partial charge in [0.25, 0.3) is 5.91 Å². The highest BCUT2D eigenvalue weighted by Crippen LogP contribution is 2.24. The molecule has 0 saturated heterocycles. The SMILES string of the molecule is Cc1cc(Nc2ccc(NC(=O)c3cc4cccc(Cl)c4[nH]3)cc2)ncn1. The van der Waals surface area contributed by atoms with Crippen molar-refractivity contribution in [2.24, 2.45) is 0 Å². The van der Waals surface area contributed by atoms with E-state index in [4.69, 9.17) is 11.6 Å². The fraction of sp³-hybridized carbons (Fsp3) is 0.0500. The van der Waals surface area contributed by atoms with E-state index in [0.29, 0.717) is 22.2 Å². The van der Waals surface area contributed by atoms with Crippen LogP contribution in [0.1, 0.15) is 16.2 Å². The van der Waals surface area contributed by atoms with Gasteiger partial charge in [0.1, 0.15) is 17.8 Å². The quantitative estimate of drug-likeness (QED) is 0.471. The number of nitrogens with zero attached hydrogens (tertiary/aromatic N) is 2. The first-order valence-electron chi connectivity index (χ1n) is 8.33. The molecule has 2 heterocycles. The van der Waals surface area contributed by atoms with Crippen molar-refractivity contribution < 1.29 is 4.79 Å². The standard InChI is InChI=1S/C20H16ClN5O/c1-12-9-18(23-11-22-12)24-14-5-7-15(8-6-14)25-20(27)17-10-13-3-2-4-16(21)19(13)26-17/h2-11,26H,1H3,(H,25,27)(H,22,23,24). The number of carbonyl (C=O) groups is 1. The molecule has 0 fully saturated rings. The van der Waals surface area contributed by atoms with Crippen LogP contribution < -0.4 is 10.6 Å². The van der Waals surface area contributed by atoms with E-state index in [2.05, 4.69) is 25.6 Å². The van der Waals surface area contributed by atoms with E-state index >= 15 is 0 Å². The summed E-state index contributed by atoms with van der Waals surface area (Å²) >= 11 is 6.15. The molecule has 0 spiro atoms. The molecule has 0 aliphatic carbocycles. The molecule has 4 aromatic rings. The van der Waals surface area contributed by atoms with Crippen LogP contribution in [-0.2, 0) is 0 Å². The maximum absolute atomic E-state index is 12.5. The molecule has 7 heteroatoms. The van der Waals surface area contributed by atoms with E-state index in [9.17, 15) is 4.79 Å². The number of carbonyl (C=O) groups excluding carboxylic acids is 1. The number of anilines is 3. The summed E-state index contributed by atoms with van der Waals surface area (Å²) in [7, 11) is 0. The molecule has 0 radical (unpaired) electrons. The number of halogens is 1. The minimum Gasteiger partial charge on any atom is -0.349 e. The number of benzene rings is 2. The Morgan fingerprint density at radius 3 is 2.56 bits per heavy atom. The Morgan fingerprint density at radius 2 is 1.81 bits per heavy atom. The summed E-state index contributed by atoms with van der Waals surface area (Å²) in [6, 6.07) is 16.6. The molecule has 2 aromatic carbocycles. The number of aromatic nitrogens is 3. The summed E-state index contributed by atoms with van der Waals surface area (Å²) < 4.78 is 0. The number of fused-ring (bicyclic) bond motifs is 1. The van der Waals surface area contributed by atoms with Gasteiger partial charge < -0.3 is 15.6 Å². The van der Waals surface area contributed by atoms with Crippen LogP contribution in [0, 0.1) is 6.92 Å². The Kier molecular flexibility index (Phi) is 4.48. The third-order valence-corrected chi connectivity index (χ3v) is 4.38. The number of hydrogen-bond acceptors (Lipinski definition) is 4. The minimum atomic E-state index is -0.227. The molecule has 6 nitrogen and oxygen atoms in total. The Labute approximate surface area is 160 Å². The average molecular weight is 378 g/mol. The Hall–Kier alpha value is -3.38. The number of H-pyrrole nitrogens is 1. The first-order chi connectivity index (χ1) is 13.1. The number of hydrogen-bond donors (Lipinski definition) is 3. The van der Waals surface area contributed by atoms with Crippen LogP contribution in [0.25, 0.3) is 10.9 Å². The van der Waals surface area contributed by atoms with Gasteiger partial charge in [-0.15, -0.1) is 0 Å². The molecule has 2 aromatic heterocycles. The van der Waals surface area contributed by atoms with Crippen molar-refractivity contribution in [2.75, 3.05) is 10.6 Å². The number of amides is 1. The van der Waals surface area contributed by atoms with Crippen molar-refractivity contribution in [2.45, 2.75) is 6.92 Å². The molecule has 0 atom stereocenters. The zero-order valence-electron chi connectivity index (χ0n) is 14.5. The van der Waals surface area contributed by atoms with E-state index in [1.54, 1.807) is 12.1 Å². The normalized spacial score (nSPS) is 10.7. The van der Waals surface area contributed by atoms with Gasteiger partial charge >= 0.3 is 0 Å². The average Bonchev–Trinajstić information content (AvgIpc) is 3.09. The molecule has 0 aliphatic heterocycles. The lowest BCUT2D eigenvalue weighted by molar-refractivity contribution is 0.102. The monoisotopic (exact) mass is 377 g/mol. The molecule has 134 valence electrons. The number of para-hydroxylation sites is 1.